The minimum Gasteiger partial charge on any atom is -0.379 e. The van der Waals surface area contributed by atoms with E-state index in [1.807, 2.05) is 56.3 Å². The second-order valence-electron chi connectivity index (χ2n) is 7.24. The van der Waals surface area contributed by atoms with Crippen molar-refractivity contribution >= 4 is 23.2 Å². The van der Waals surface area contributed by atoms with E-state index in [-0.39, 0.29) is 24.9 Å². The first-order chi connectivity index (χ1) is 13.9. The quantitative estimate of drug-likeness (QED) is 0.573. The monoisotopic (exact) mass is 398 g/mol. The van der Waals surface area contributed by atoms with E-state index in [9.17, 15) is 9.59 Å². The van der Waals surface area contributed by atoms with Crippen LogP contribution in [-0.4, -0.2) is 45.2 Å². The number of hydrogen-bond donors (Lipinski definition) is 3. The second-order valence-corrected chi connectivity index (χ2v) is 7.24. The Bertz CT molecular complexity index is 819. The molecule has 0 aliphatic carbocycles. The van der Waals surface area contributed by atoms with Crippen molar-refractivity contribution in [3.05, 3.63) is 59.2 Å². The molecule has 6 heteroatoms. The fraction of sp³-hybridized carbons (Fsp3) is 0.391. The van der Waals surface area contributed by atoms with Gasteiger partial charge in [-0.3, -0.25) is 9.59 Å². The van der Waals surface area contributed by atoms with Crippen LogP contribution in [0.4, 0.5) is 11.4 Å². The largest absolute Gasteiger partial charge is 0.379 e. The second kappa shape index (κ2) is 11.3. The van der Waals surface area contributed by atoms with Crippen LogP contribution in [0.3, 0.4) is 0 Å². The van der Waals surface area contributed by atoms with Crippen molar-refractivity contribution in [1.29, 1.82) is 0 Å². The number of hydrogen-bond acceptors (Lipinski definition) is 3. The topological polar surface area (TPSA) is 71.9 Å². The fourth-order valence-electron chi connectivity index (χ4n) is 3.05. The standard InChI is InChI=1S/C23H31N3O3/c1-5-19-9-11-20(12-10-19)24-22(27)15-26(13-14-29-4)16-23(28)25-21-8-6-7-17(2)18(21)3/h6-12H,5,13-16H2,1-4H3,(H,24,27)(H,25,28)/p+1. The highest BCUT2D eigenvalue weighted by molar-refractivity contribution is 5.93. The maximum absolute atomic E-state index is 12.6. The lowest BCUT2D eigenvalue weighted by Crippen LogP contribution is -3.14. The summed E-state index contributed by atoms with van der Waals surface area (Å²) in [6.07, 6.45) is 0.957. The van der Waals surface area contributed by atoms with E-state index in [4.69, 9.17) is 4.74 Å². The van der Waals surface area contributed by atoms with Crippen molar-refractivity contribution in [2.75, 3.05) is 44.0 Å². The average molecular weight is 399 g/mol. The zero-order chi connectivity index (χ0) is 21.2. The Morgan fingerprint density at radius 2 is 1.62 bits per heavy atom. The van der Waals surface area contributed by atoms with E-state index in [0.29, 0.717) is 13.2 Å². The van der Waals surface area contributed by atoms with E-state index in [1.54, 1.807) is 7.11 Å². The molecule has 0 aliphatic rings. The van der Waals surface area contributed by atoms with E-state index in [1.165, 1.54) is 5.56 Å². The molecule has 2 aromatic rings. The van der Waals surface area contributed by atoms with Gasteiger partial charge in [-0.15, -0.1) is 0 Å². The summed E-state index contributed by atoms with van der Waals surface area (Å²) in [4.78, 5) is 25.9. The summed E-state index contributed by atoms with van der Waals surface area (Å²) < 4.78 is 5.15. The van der Waals surface area contributed by atoms with Gasteiger partial charge < -0.3 is 20.3 Å². The van der Waals surface area contributed by atoms with Crippen molar-refractivity contribution in [3.8, 4) is 0 Å². The number of aryl methyl sites for hydroxylation is 2. The number of ether oxygens (including phenoxy) is 1. The van der Waals surface area contributed by atoms with Gasteiger partial charge in [-0.25, -0.2) is 0 Å². The number of rotatable bonds is 10. The van der Waals surface area contributed by atoms with Crippen LogP contribution in [0.1, 0.15) is 23.6 Å². The maximum atomic E-state index is 12.6. The summed E-state index contributed by atoms with van der Waals surface area (Å²) in [6.45, 7) is 7.52. The van der Waals surface area contributed by atoms with Gasteiger partial charge in [0, 0.05) is 18.5 Å². The van der Waals surface area contributed by atoms with Crippen LogP contribution in [-0.2, 0) is 20.7 Å². The SMILES string of the molecule is CCc1ccc(NC(=O)C[NH+](CCOC)CC(=O)Nc2cccc(C)c2C)cc1. The number of amides is 2. The molecule has 6 nitrogen and oxygen atoms in total. The Kier molecular flexibility index (Phi) is 8.83. The number of benzene rings is 2. The van der Waals surface area contributed by atoms with Crippen molar-refractivity contribution in [2.24, 2.45) is 0 Å². The van der Waals surface area contributed by atoms with Crippen LogP contribution in [0.15, 0.2) is 42.5 Å². The summed E-state index contributed by atoms with van der Waals surface area (Å²) in [7, 11) is 1.61. The van der Waals surface area contributed by atoms with Gasteiger partial charge in [0.05, 0.1) is 6.61 Å². The fourth-order valence-corrected chi connectivity index (χ4v) is 3.05. The highest BCUT2D eigenvalue weighted by Gasteiger charge is 2.19. The maximum Gasteiger partial charge on any atom is 0.279 e. The third kappa shape index (κ3) is 7.33. The molecule has 0 heterocycles. The summed E-state index contributed by atoms with van der Waals surface area (Å²) in [5, 5.41) is 5.87. The lowest BCUT2D eigenvalue weighted by molar-refractivity contribution is -0.883. The molecule has 0 aliphatic heterocycles. The Balaban J connectivity index is 1.95. The zero-order valence-corrected chi connectivity index (χ0v) is 17.8. The summed E-state index contributed by atoms with van der Waals surface area (Å²) in [6, 6.07) is 13.6. The van der Waals surface area contributed by atoms with Gasteiger partial charge >= 0.3 is 0 Å². The van der Waals surface area contributed by atoms with Crippen LogP contribution < -0.4 is 15.5 Å². The highest BCUT2D eigenvalue weighted by Crippen LogP contribution is 2.17. The highest BCUT2D eigenvalue weighted by atomic mass is 16.5. The van der Waals surface area contributed by atoms with Crippen LogP contribution in [0, 0.1) is 13.8 Å². The van der Waals surface area contributed by atoms with Gasteiger partial charge in [0.1, 0.15) is 6.54 Å². The molecule has 0 fully saturated rings. The normalized spacial score (nSPS) is 11.7. The third-order valence-electron chi connectivity index (χ3n) is 5.01. The first kappa shape index (κ1) is 22.6. The summed E-state index contributed by atoms with van der Waals surface area (Å²) in [5.74, 6) is -0.246. The number of quaternary nitrogens is 1. The van der Waals surface area contributed by atoms with Gasteiger partial charge in [-0.1, -0.05) is 31.2 Å². The minimum absolute atomic E-state index is 0.120. The van der Waals surface area contributed by atoms with Crippen molar-refractivity contribution in [2.45, 2.75) is 27.2 Å². The van der Waals surface area contributed by atoms with Crippen molar-refractivity contribution in [1.82, 2.24) is 0 Å². The average Bonchev–Trinajstić information content (AvgIpc) is 2.70. The van der Waals surface area contributed by atoms with Crippen molar-refractivity contribution in [3.63, 3.8) is 0 Å². The van der Waals surface area contributed by atoms with Crippen molar-refractivity contribution < 1.29 is 19.2 Å². The van der Waals surface area contributed by atoms with Crippen LogP contribution >= 0.6 is 0 Å². The van der Waals surface area contributed by atoms with Crippen LogP contribution in [0.25, 0.3) is 0 Å². The number of carbonyl (C=O) groups is 2. The molecule has 29 heavy (non-hydrogen) atoms. The smallest absolute Gasteiger partial charge is 0.279 e. The lowest BCUT2D eigenvalue weighted by atomic mass is 10.1. The lowest BCUT2D eigenvalue weighted by Gasteiger charge is -2.19. The molecule has 0 saturated carbocycles. The first-order valence-electron chi connectivity index (χ1n) is 10.00. The van der Waals surface area contributed by atoms with Gasteiger partial charge in [0.25, 0.3) is 11.8 Å². The first-order valence-corrected chi connectivity index (χ1v) is 10.00. The van der Waals surface area contributed by atoms with Gasteiger partial charge in [0.2, 0.25) is 0 Å². The van der Waals surface area contributed by atoms with E-state index < -0.39 is 0 Å². The molecule has 156 valence electrons. The Morgan fingerprint density at radius 3 is 2.24 bits per heavy atom. The molecular weight excluding hydrogens is 366 g/mol. The molecule has 2 aromatic carbocycles. The summed E-state index contributed by atoms with van der Waals surface area (Å²) in [5.41, 5.74) is 4.96. The van der Waals surface area contributed by atoms with Gasteiger partial charge in [0.15, 0.2) is 13.1 Å². The Labute approximate surface area is 173 Å². The van der Waals surface area contributed by atoms with E-state index in [2.05, 4.69) is 17.6 Å². The Morgan fingerprint density at radius 1 is 0.966 bits per heavy atom. The predicted octanol–water partition coefficient (Wildman–Crippen LogP) is 1.97. The molecule has 2 amide bonds. The molecule has 0 aromatic heterocycles. The zero-order valence-electron chi connectivity index (χ0n) is 17.8. The van der Waals surface area contributed by atoms with Crippen LogP contribution in [0.5, 0.6) is 0 Å². The molecule has 0 bridgehead atoms. The van der Waals surface area contributed by atoms with Gasteiger partial charge in [-0.05, 0) is 55.2 Å². The Hall–Kier alpha value is -2.70. The molecular formula is C23H32N3O3+. The summed E-state index contributed by atoms with van der Waals surface area (Å²) >= 11 is 0. The predicted molar refractivity (Wildman–Crippen MR) is 116 cm³/mol. The van der Waals surface area contributed by atoms with E-state index >= 15 is 0 Å². The van der Waals surface area contributed by atoms with Crippen LogP contribution in [0.2, 0.25) is 0 Å². The molecule has 3 N–H and O–H groups in total. The molecule has 0 spiro atoms. The number of anilines is 2. The molecule has 1 unspecified atom stereocenters. The number of methoxy groups -OCH3 is 1. The third-order valence-corrected chi connectivity index (χ3v) is 5.01. The van der Waals surface area contributed by atoms with Gasteiger partial charge in [-0.2, -0.15) is 0 Å². The molecule has 2 rings (SSSR count). The molecule has 1 atom stereocenters. The number of carbonyl (C=O) groups excluding carboxylic acids is 2. The van der Waals surface area contributed by atoms with E-state index in [0.717, 1.165) is 33.8 Å². The molecule has 0 saturated heterocycles. The number of nitrogens with one attached hydrogen (secondary N) is 3. The minimum atomic E-state index is -0.125. The molecule has 0 radical (unpaired) electrons.